The maximum atomic E-state index is 13.4. The van der Waals surface area contributed by atoms with E-state index in [9.17, 15) is 14.7 Å². The molecule has 3 heterocycles. The molecule has 0 aliphatic carbocycles. The second-order valence-electron chi connectivity index (χ2n) is 8.28. The lowest BCUT2D eigenvalue weighted by Crippen LogP contribution is -2.28. The number of Topliss-reactive ketones (excluding diaryl/α,β-unsaturated/α-hetero) is 1. The molecule has 3 aromatic carbocycles. The van der Waals surface area contributed by atoms with Gasteiger partial charge in [0, 0.05) is 15.5 Å². The monoisotopic (exact) mass is 516 g/mol. The van der Waals surface area contributed by atoms with Gasteiger partial charge in [0.1, 0.15) is 11.8 Å². The van der Waals surface area contributed by atoms with Crippen molar-refractivity contribution < 1.29 is 14.7 Å². The number of aliphatic hydroxyl groups is 1. The van der Waals surface area contributed by atoms with Crippen molar-refractivity contribution in [1.82, 2.24) is 4.98 Å². The van der Waals surface area contributed by atoms with Crippen LogP contribution in [0.15, 0.2) is 77.7 Å². The standard InChI is InChI=1S/C27H17ClN2O3S2/c1-14-12-21-19(13-18(14)28)29-27(35-21)30-23(20-10-5-11-34-20)22(25(32)26(30)33)24(31)17-9-4-7-15-6-2-3-8-16(15)17/h2-13,23,31H,1H3/b24-22+. The highest BCUT2D eigenvalue weighted by molar-refractivity contribution is 7.22. The number of nitrogens with zero attached hydrogens (tertiary/aromatic N) is 2. The van der Waals surface area contributed by atoms with Gasteiger partial charge in [-0.05, 0) is 46.8 Å². The van der Waals surface area contributed by atoms with Gasteiger partial charge in [0.2, 0.25) is 0 Å². The molecular formula is C27H17ClN2O3S2. The minimum atomic E-state index is -0.786. The molecule has 1 unspecified atom stereocenters. The summed E-state index contributed by atoms with van der Waals surface area (Å²) in [6.45, 7) is 1.91. The molecule has 1 saturated heterocycles. The van der Waals surface area contributed by atoms with Crippen molar-refractivity contribution >= 4 is 77.8 Å². The van der Waals surface area contributed by atoms with Crippen molar-refractivity contribution in [3.05, 3.63) is 98.7 Å². The second kappa shape index (κ2) is 8.30. The number of anilines is 1. The van der Waals surface area contributed by atoms with E-state index in [1.165, 1.54) is 27.6 Å². The molecule has 1 aliphatic rings. The maximum Gasteiger partial charge on any atom is 0.301 e. The number of carbonyl (C=O) groups is 2. The minimum absolute atomic E-state index is 0.0577. The number of ketones is 1. The van der Waals surface area contributed by atoms with Gasteiger partial charge in [0.05, 0.1) is 15.8 Å². The number of benzene rings is 3. The Morgan fingerprint density at radius 3 is 2.66 bits per heavy atom. The fourth-order valence-electron chi connectivity index (χ4n) is 4.46. The van der Waals surface area contributed by atoms with E-state index in [-0.39, 0.29) is 11.3 Å². The first-order valence-corrected chi connectivity index (χ1v) is 12.9. The Kier molecular flexibility index (Phi) is 5.21. The van der Waals surface area contributed by atoms with E-state index >= 15 is 0 Å². The van der Waals surface area contributed by atoms with Gasteiger partial charge in [0.25, 0.3) is 5.78 Å². The summed E-state index contributed by atoms with van der Waals surface area (Å²) in [6.07, 6.45) is 0. The van der Waals surface area contributed by atoms with Crippen molar-refractivity contribution in [1.29, 1.82) is 0 Å². The molecule has 172 valence electrons. The third-order valence-electron chi connectivity index (χ3n) is 6.17. The summed E-state index contributed by atoms with van der Waals surface area (Å²) in [6, 6.07) is 19.8. The lowest BCUT2D eigenvalue weighted by molar-refractivity contribution is -0.132. The van der Waals surface area contributed by atoms with Crippen LogP contribution in [0.2, 0.25) is 5.02 Å². The molecule has 1 fully saturated rings. The molecular weight excluding hydrogens is 500 g/mol. The summed E-state index contributed by atoms with van der Waals surface area (Å²) in [5.41, 5.74) is 2.13. The summed E-state index contributed by atoms with van der Waals surface area (Å²) in [5.74, 6) is -1.64. The van der Waals surface area contributed by atoms with Crippen LogP contribution in [0.4, 0.5) is 5.13 Å². The Balaban J connectivity index is 1.58. The summed E-state index contributed by atoms with van der Waals surface area (Å²) in [5, 5.41) is 16.1. The molecule has 0 spiro atoms. The van der Waals surface area contributed by atoms with Crippen LogP contribution in [0, 0.1) is 6.92 Å². The Labute approximate surface area is 213 Å². The number of hydrogen-bond donors (Lipinski definition) is 1. The van der Waals surface area contributed by atoms with Gasteiger partial charge in [-0.25, -0.2) is 4.98 Å². The lowest BCUT2D eigenvalue weighted by Gasteiger charge is -2.21. The predicted octanol–water partition coefficient (Wildman–Crippen LogP) is 7.10. The Bertz CT molecular complexity index is 1640. The van der Waals surface area contributed by atoms with Crippen LogP contribution in [-0.4, -0.2) is 21.8 Å². The van der Waals surface area contributed by atoms with Gasteiger partial charge >= 0.3 is 5.91 Å². The summed E-state index contributed by atoms with van der Waals surface area (Å²) in [7, 11) is 0. The van der Waals surface area contributed by atoms with E-state index in [1.807, 2.05) is 66.9 Å². The van der Waals surface area contributed by atoms with Crippen LogP contribution in [0.5, 0.6) is 0 Å². The number of aryl methyl sites for hydroxylation is 1. The van der Waals surface area contributed by atoms with Crippen molar-refractivity contribution in [2.75, 3.05) is 4.90 Å². The molecule has 5 aromatic rings. The summed E-state index contributed by atoms with van der Waals surface area (Å²) >= 11 is 9.03. The number of fused-ring (bicyclic) bond motifs is 2. The fourth-order valence-corrected chi connectivity index (χ4v) is 6.52. The zero-order valence-corrected chi connectivity index (χ0v) is 20.7. The van der Waals surface area contributed by atoms with Crippen molar-refractivity contribution in [2.45, 2.75) is 13.0 Å². The van der Waals surface area contributed by atoms with E-state index < -0.39 is 17.7 Å². The minimum Gasteiger partial charge on any atom is -0.507 e. The molecule has 1 N–H and O–H groups in total. The molecule has 2 aromatic heterocycles. The Hall–Kier alpha value is -3.52. The molecule has 1 aliphatic heterocycles. The number of amides is 1. The number of rotatable bonds is 3. The molecule has 8 heteroatoms. The number of hydrogen-bond acceptors (Lipinski definition) is 6. The average molecular weight is 517 g/mol. The number of halogens is 1. The molecule has 0 saturated carbocycles. The molecule has 35 heavy (non-hydrogen) atoms. The first kappa shape index (κ1) is 22.0. The summed E-state index contributed by atoms with van der Waals surface area (Å²) in [4.78, 5) is 33.6. The van der Waals surface area contributed by atoms with Gasteiger partial charge in [0.15, 0.2) is 5.13 Å². The molecule has 0 radical (unpaired) electrons. The maximum absolute atomic E-state index is 13.4. The van der Waals surface area contributed by atoms with E-state index in [0.29, 0.717) is 21.2 Å². The van der Waals surface area contributed by atoms with E-state index in [2.05, 4.69) is 4.98 Å². The van der Waals surface area contributed by atoms with Crippen LogP contribution in [0.1, 0.15) is 22.0 Å². The van der Waals surface area contributed by atoms with Crippen LogP contribution in [0.25, 0.3) is 26.7 Å². The van der Waals surface area contributed by atoms with Gasteiger partial charge in [-0.2, -0.15) is 0 Å². The van der Waals surface area contributed by atoms with E-state index in [4.69, 9.17) is 11.6 Å². The number of carbonyl (C=O) groups excluding carboxylic acids is 2. The number of aromatic nitrogens is 1. The van der Waals surface area contributed by atoms with E-state index in [0.717, 1.165) is 25.9 Å². The highest BCUT2D eigenvalue weighted by atomic mass is 35.5. The normalized spacial score (nSPS) is 17.7. The quantitative estimate of drug-likeness (QED) is 0.158. The first-order chi connectivity index (χ1) is 16.9. The van der Waals surface area contributed by atoms with Crippen LogP contribution >= 0.6 is 34.3 Å². The van der Waals surface area contributed by atoms with Gasteiger partial charge in [-0.1, -0.05) is 71.5 Å². The first-order valence-electron chi connectivity index (χ1n) is 10.8. The Morgan fingerprint density at radius 2 is 1.86 bits per heavy atom. The SMILES string of the molecule is Cc1cc2sc(N3C(=O)C(=O)/C(=C(/O)c4cccc5ccccc45)C3c3cccs3)nc2cc1Cl. The average Bonchev–Trinajstić information content (AvgIpc) is 3.58. The van der Waals surface area contributed by atoms with E-state index in [1.54, 1.807) is 12.1 Å². The topological polar surface area (TPSA) is 70.5 Å². The fraction of sp³-hybridized carbons (Fsp3) is 0.0741. The zero-order chi connectivity index (χ0) is 24.3. The molecule has 1 amide bonds. The lowest BCUT2D eigenvalue weighted by atomic mass is 9.96. The van der Waals surface area contributed by atoms with Crippen LogP contribution < -0.4 is 4.90 Å². The van der Waals surface area contributed by atoms with Gasteiger partial charge in [-0.3, -0.25) is 14.5 Å². The Morgan fingerprint density at radius 1 is 1.06 bits per heavy atom. The third kappa shape index (κ3) is 3.46. The van der Waals surface area contributed by atoms with Crippen LogP contribution in [-0.2, 0) is 9.59 Å². The predicted molar refractivity (Wildman–Crippen MR) is 142 cm³/mol. The number of thiophene rings is 1. The number of aliphatic hydroxyl groups excluding tert-OH is 1. The van der Waals surface area contributed by atoms with Gasteiger partial charge in [-0.15, -0.1) is 11.3 Å². The highest BCUT2D eigenvalue weighted by Gasteiger charge is 2.48. The smallest absolute Gasteiger partial charge is 0.301 e. The number of thiazole rings is 1. The van der Waals surface area contributed by atoms with Crippen molar-refractivity contribution in [3.8, 4) is 0 Å². The molecule has 5 nitrogen and oxygen atoms in total. The molecule has 1 atom stereocenters. The molecule has 6 rings (SSSR count). The summed E-state index contributed by atoms with van der Waals surface area (Å²) < 4.78 is 0.864. The van der Waals surface area contributed by atoms with Gasteiger partial charge < -0.3 is 5.11 Å². The third-order valence-corrected chi connectivity index (χ3v) is 8.51. The largest absolute Gasteiger partial charge is 0.507 e. The zero-order valence-electron chi connectivity index (χ0n) is 18.4. The second-order valence-corrected chi connectivity index (χ2v) is 10.7. The molecule has 0 bridgehead atoms. The van der Waals surface area contributed by atoms with Crippen LogP contribution in [0.3, 0.4) is 0 Å². The highest BCUT2D eigenvalue weighted by Crippen LogP contribution is 2.46. The van der Waals surface area contributed by atoms with Crippen molar-refractivity contribution in [3.63, 3.8) is 0 Å². The van der Waals surface area contributed by atoms with Crippen molar-refractivity contribution in [2.24, 2.45) is 0 Å².